The minimum atomic E-state index is -0.158. The number of amides is 1. The number of nitrogens with zero attached hydrogens (tertiary/aromatic N) is 4. The molecular formula is C23H25N5O. The van der Waals surface area contributed by atoms with E-state index in [9.17, 15) is 4.79 Å². The van der Waals surface area contributed by atoms with Gasteiger partial charge in [0, 0.05) is 61.6 Å². The molecule has 0 atom stereocenters. The highest BCUT2D eigenvalue weighted by atomic mass is 16.1. The molecule has 6 heteroatoms. The number of aryl methyl sites for hydroxylation is 1. The normalized spacial score (nSPS) is 14.1. The second-order valence-corrected chi connectivity index (χ2v) is 7.29. The van der Waals surface area contributed by atoms with Crippen LogP contribution in [0.1, 0.15) is 23.6 Å². The van der Waals surface area contributed by atoms with E-state index in [0.29, 0.717) is 0 Å². The first-order valence-corrected chi connectivity index (χ1v) is 9.88. The first-order valence-electron chi connectivity index (χ1n) is 9.88. The third kappa shape index (κ3) is 4.43. The highest BCUT2D eigenvalue weighted by molar-refractivity contribution is 6.02. The number of pyridine rings is 1. The standard InChI is InChI=1S/C23H25N5O/c1-3-28-11-9-17-4-6-21(12-19(17)16-28)26-23(29)7-5-18-13-24-10-8-22(18)20-14-25-27(2)15-20/h4-8,10,12-15H,3,9,11,16H2,1-2H3,(H,26,29). The first kappa shape index (κ1) is 19.1. The quantitative estimate of drug-likeness (QED) is 0.681. The molecule has 0 aliphatic carbocycles. The summed E-state index contributed by atoms with van der Waals surface area (Å²) in [5.41, 5.74) is 6.36. The zero-order valence-electron chi connectivity index (χ0n) is 16.8. The number of aromatic nitrogens is 3. The summed E-state index contributed by atoms with van der Waals surface area (Å²) < 4.78 is 1.76. The van der Waals surface area contributed by atoms with Crippen LogP contribution in [0.5, 0.6) is 0 Å². The predicted octanol–water partition coefficient (Wildman–Crippen LogP) is 3.51. The predicted molar refractivity (Wildman–Crippen MR) is 115 cm³/mol. The Balaban J connectivity index is 1.48. The molecule has 1 aromatic carbocycles. The van der Waals surface area contributed by atoms with Gasteiger partial charge in [-0.3, -0.25) is 19.4 Å². The number of hydrogen-bond acceptors (Lipinski definition) is 4. The molecular weight excluding hydrogens is 362 g/mol. The van der Waals surface area contributed by atoms with Gasteiger partial charge in [0.15, 0.2) is 0 Å². The van der Waals surface area contributed by atoms with Gasteiger partial charge in [-0.1, -0.05) is 13.0 Å². The molecule has 29 heavy (non-hydrogen) atoms. The zero-order valence-corrected chi connectivity index (χ0v) is 16.8. The Bertz CT molecular complexity index is 1050. The molecule has 0 radical (unpaired) electrons. The molecule has 0 saturated carbocycles. The van der Waals surface area contributed by atoms with E-state index in [-0.39, 0.29) is 5.91 Å². The average Bonchev–Trinajstić information content (AvgIpc) is 3.18. The van der Waals surface area contributed by atoms with Crippen molar-refractivity contribution in [2.24, 2.45) is 7.05 Å². The molecule has 0 fully saturated rings. The molecule has 0 spiro atoms. The third-order valence-electron chi connectivity index (χ3n) is 5.29. The van der Waals surface area contributed by atoms with E-state index >= 15 is 0 Å². The van der Waals surface area contributed by atoms with Gasteiger partial charge in [-0.25, -0.2) is 0 Å². The monoisotopic (exact) mass is 387 g/mol. The molecule has 6 nitrogen and oxygen atoms in total. The van der Waals surface area contributed by atoms with Crippen LogP contribution in [-0.2, 0) is 24.8 Å². The Hall–Kier alpha value is -3.25. The van der Waals surface area contributed by atoms with E-state index in [2.05, 4.69) is 39.4 Å². The van der Waals surface area contributed by atoms with Crippen molar-refractivity contribution in [1.29, 1.82) is 0 Å². The Kier molecular flexibility index (Phi) is 5.53. The summed E-state index contributed by atoms with van der Waals surface area (Å²) in [5, 5.41) is 7.20. The van der Waals surface area contributed by atoms with Crippen molar-refractivity contribution in [2.75, 3.05) is 18.4 Å². The van der Waals surface area contributed by atoms with Gasteiger partial charge >= 0.3 is 0 Å². The van der Waals surface area contributed by atoms with Crippen molar-refractivity contribution in [1.82, 2.24) is 19.7 Å². The maximum absolute atomic E-state index is 12.5. The van der Waals surface area contributed by atoms with E-state index in [1.54, 1.807) is 35.4 Å². The Morgan fingerprint density at radius 3 is 2.93 bits per heavy atom. The number of likely N-dealkylation sites (N-methyl/N-ethyl adjacent to an activating group) is 1. The lowest BCUT2D eigenvalue weighted by atomic mass is 9.99. The van der Waals surface area contributed by atoms with E-state index in [1.807, 2.05) is 25.4 Å². The van der Waals surface area contributed by atoms with Crippen molar-refractivity contribution in [2.45, 2.75) is 19.9 Å². The van der Waals surface area contributed by atoms with Crippen LogP contribution < -0.4 is 5.32 Å². The minimum absolute atomic E-state index is 0.158. The topological polar surface area (TPSA) is 63.1 Å². The van der Waals surface area contributed by atoms with Gasteiger partial charge in [0.1, 0.15) is 0 Å². The highest BCUT2D eigenvalue weighted by Gasteiger charge is 2.15. The van der Waals surface area contributed by atoms with Gasteiger partial charge in [0.25, 0.3) is 0 Å². The highest BCUT2D eigenvalue weighted by Crippen LogP contribution is 2.24. The molecule has 3 heterocycles. The second kappa shape index (κ2) is 8.41. The maximum Gasteiger partial charge on any atom is 0.248 e. The van der Waals surface area contributed by atoms with E-state index < -0.39 is 0 Å². The number of anilines is 1. The van der Waals surface area contributed by atoms with Gasteiger partial charge in [0.2, 0.25) is 5.91 Å². The molecule has 4 rings (SSSR count). The second-order valence-electron chi connectivity index (χ2n) is 7.29. The lowest BCUT2D eigenvalue weighted by molar-refractivity contribution is -0.111. The third-order valence-corrected chi connectivity index (χ3v) is 5.29. The lowest BCUT2D eigenvalue weighted by Gasteiger charge is -2.27. The lowest BCUT2D eigenvalue weighted by Crippen LogP contribution is -2.30. The summed E-state index contributed by atoms with van der Waals surface area (Å²) in [7, 11) is 1.88. The van der Waals surface area contributed by atoms with E-state index in [1.165, 1.54) is 11.1 Å². The van der Waals surface area contributed by atoms with E-state index in [0.717, 1.165) is 48.4 Å². The van der Waals surface area contributed by atoms with Crippen molar-refractivity contribution < 1.29 is 4.79 Å². The molecule has 0 unspecified atom stereocenters. The SMILES string of the molecule is CCN1CCc2ccc(NC(=O)C=Cc3cnccc3-c3cnn(C)c3)cc2C1. The summed E-state index contributed by atoms with van der Waals surface area (Å²) in [4.78, 5) is 19.1. The smallest absolute Gasteiger partial charge is 0.248 e. The summed E-state index contributed by atoms with van der Waals surface area (Å²) in [6, 6.07) is 8.13. The molecule has 148 valence electrons. The van der Waals surface area contributed by atoms with Crippen LogP contribution >= 0.6 is 0 Å². The molecule has 1 N–H and O–H groups in total. The fourth-order valence-electron chi connectivity index (χ4n) is 3.68. The summed E-state index contributed by atoms with van der Waals surface area (Å²) in [6.45, 7) is 5.26. The fraction of sp³-hybridized carbons (Fsp3) is 0.261. The van der Waals surface area contributed by atoms with Crippen LogP contribution in [0.4, 0.5) is 5.69 Å². The molecule has 1 aliphatic heterocycles. The largest absolute Gasteiger partial charge is 0.323 e. The first-order chi connectivity index (χ1) is 14.1. The molecule has 0 saturated heterocycles. The molecule has 1 aliphatic rings. The van der Waals surface area contributed by atoms with Gasteiger partial charge in [-0.2, -0.15) is 5.10 Å². The summed E-state index contributed by atoms with van der Waals surface area (Å²) >= 11 is 0. The number of nitrogens with one attached hydrogen (secondary N) is 1. The number of fused-ring (bicyclic) bond motifs is 1. The van der Waals surface area contributed by atoms with Gasteiger partial charge in [0.05, 0.1) is 6.20 Å². The molecule has 2 aromatic heterocycles. The van der Waals surface area contributed by atoms with E-state index in [4.69, 9.17) is 0 Å². The fourth-order valence-corrected chi connectivity index (χ4v) is 3.68. The van der Waals surface area contributed by atoms with Crippen molar-refractivity contribution >= 4 is 17.7 Å². The van der Waals surface area contributed by atoms with Crippen LogP contribution in [0.25, 0.3) is 17.2 Å². The maximum atomic E-state index is 12.5. The zero-order chi connectivity index (χ0) is 20.2. The number of benzene rings is 1. The van der Waals surface area contributed by atoms with Crippen molar-refractivity contribution in [3.63, 3.8) is 0 Å². The minimum Gasteiger partial charge on any atom is -0.323 e. The summed E-state index contributed by atoms with van der Waals surface area (Å²) in [6.07, 6.45) is 11.7. The van der Waals surface area contributed by atoms with Gasteiger partial charge < -0.3 is 5.32 Å². The molecule has 3 aromatic rings. The Labute approximate surface area is 170 Å². The number of carbonyl (C=O) groups excluding carboxylic acids is 1. The van der Waals surface area contributed by atoms with Crippen LogP contribution in [0.2, 0.25) is 0 Å². The van der Waals surface area contributed by atoms with Crippen molar-refractivity contribution in [3.05, 3.63) is 71.8 Å². The number of hydrogen-bond donors (Lipinski definition) is 1. The molecule has 0 bridgehead atoms. The number of carbonyl (C=O) groups is 1. The van der Waals surface area contributed by atoms with Gasteiger partial charge in [-0.15, -0.1) is 0 Å². The van der Waals surface area contributed by atoms with Gasteiger partial charge in [-0.05, 0) is 53.9 Å². The van der Waals surface area contributed by atoms with Crippen LogP contribution in [0.3, 0.4) is 0 Å². The Morgan fingerprint density at radius 2 is 2.14 bits per heavy atom. The molecule has 1 amide bonds. The van der Waals surface area contributed by atoms with Crippen LogP contribution in [0.15, 0.2) is 55.1 Å². The number of rotatable bonds is 5. The summed E-state index contributed by atoms with van der Waals surface area (Å²) in [5.74, 6) is -0.158. The van der Waals surface area contributed by atoms with Crippen LogP contribution in [-0.4, -0.2) is 38.7 Å². The van der Waals surface area contributed by atoms with Crippen LogP contribution in [0, 0.1) is 0 Å². The Morgan fingerprint density at radius 1 is 1.24 bits per heavy atom. The average molecular weight is 387 g/mol. The van der Waals surface area contributed by atoms with Crippen molar-refractivity contribution in [3.8, 4) is 11.1 Å².